The summed E-state index contributed by atoms with van der Waals surface area (Å²) in [6.45, 7) is 0.552. The van der Waals surface area contributed by atoms with Crippen molar-refractivity contribution in [3.05, 3.63) is 0 Å². The molecule has 1 fully saturated rings. The van der Waals surface area contributed by atoms with Crippen LogP contribution in [-0.4, -0.2) is 55.5 Å². The molecule has 2 unspecified atom stereocenters. The third-order valence-electron chi connectivity index (χ3n) is 2.85. The zero-order valence-corrected chi connectivity index (χ0v) is 9.51. The van der Waals surface area contributed by atoms with Crippen molar-refractivity contribution in [3.63, 3.8) is 0 Å². The van der Waals surface area contributed by atoms with E-state index in [9.17, 15) is 9.59 Å². The number of hydrogen-bond donors (Lipinski definition) is 1. The molecule has 0 aromatic heterocycles. The first-order valence-corrected chi connectivity index (χ1v) is 5.16. The Morgan fingerprint density at radius 3 is 2.56 bits per heavy atom. The van der Waals surface area contributed by atoms with E-state index in [0.717, 1.165) is 0 Å². The van der Waals surface area contributed by atoms with E-state index < -0.39 is 6.09 Å². The molecule has 1 saturated heterocycles. The summed E-state index contributed by atoms with van der Waals surface area (Å²) in [7, 11) is 2.85. The average molecular weight is 231 g/mol. The van der Waals surface area contributed by atoms with E-state index in [4.69, 9.17) is 9.84 Å². The molecule has 0 aliphatic carbocycles. The Bertz CT molecular complexity index is 268. The summed E-state index contributed by atoms with van der Waals surface area (Å²) in [4.78, 5) is 23.6. The van der Waals surface area contributed by atoms with Crippen molar-refractivity contribution in [2.75, 3.05) is 27.4 Å². The summed E-state index contributed by atoms with van der Waals surface area (Å²) in [6, 6.07) is -0.164. The molecule has 0 aromatic carbocycles. The molecule has 1 N–H and O–H groups in total. The molecule has 6 nitrogen and oxygen atoms in total. The summed E-state index contributed by atoms with van der Waals surface area (Å²) in [5.74, 6) is -0.698. The minimum absolute atomic E-state index is 0.164. The number of piperidine rings is 1. The van der Waals surface area contributed by atoms with Gasteiger partial charge in [0.1, 0.15) is 0 Å². The Kier molecular flexibility index (Phi) is 4.54. The predicted molar refractivity (Wildman–Crippen MR) is 55.1 cm³/mol. The lowest BCUT2D eigenvalue weighted by Crippen LogP contribution is -2.50. The van der Waals surface area contributed by atoms with Gasteiger partial charge in [-0.2, -0.15) is 0 Å². The topological polar surface area (TPSA) is 76.1 Å². The molecule has 0 spiro atoms. The van der Waals surface area contributed by atoms with E-state index in [1.54, 1.807) is 0 Å². The number of carboxylic acid groups (broad SMARTS) is 1. The van der Waals surface area contributed by atoms with Crippen LogP contribution in [-0.2, 0) is 14.3 Å². The third-order valence-corrected chi connectivity index (χ3v) is 2.85. The first-order valence-electron chi connectivity index (χ1n) is 5.16. The molecule has 0 bridgehead atoms. The maximum absolute atomic E-state index is 11.3. The van der Waals surface area contributed by atoms with Gasteiger partial charge in [0.25, 0.3) is 0 Å². The number of esters is 1. The molecule has 16 heavy (non-hydrogen) atoms. The fraction of sp³-hybridized carbons (Fsp3) is 0.800. The van der Waals surface area contributed by atoms with E-state index in [0.29, 0.717) is 19.4 Å². The van der Waals surface area contributed by atoms with E-state index in [2.05, 4.69) is 4.74 Å². The predicted octanol–water partition coefficient (Wildman–Crippen LogP) is 0.564. The van der Waals surface area contributed by atoms with Crippen molar-refractivity contribution in [1.29, 1.82) is 0 Å². The van der Waals surface area contributed by atoms with Gasteiger partial charge in [-0.1, -0.05) is 0 Å². The zero-order chi connectivity index (χ0) is 12.1. The van der Waals surface area contributed by atoms with Crippen molar-refractivity contribution < 1.29 is 24.2 Å². The minimum atomic E-state index is -1.02. The summed E-state index contributed by atoms with van der Waals surface area (Å²) in [5.41, 5.74) is 0. The van der Waals surface area contributed by atoms with Gasteiger partial charge in [0.2, 0.25) is 0 Å². The first-order chi connectivity index (χ1) is 7.60. The molecule has 1 aliphatic heterocycles. The Labute approximate surface area is 94.1 Å². The number of rotatable bonds is 3. The van der Waals surface area contributed by atoms with Crippen molar-refractivity contribution in [2.24, 2.45) is 5.92 Å². The maximum Gasteiger partial charge on any atom is 0.407 e. The van der Waals surface area contributed by atoms with Gasteiger partial charge in [-0.15, -0.1) is 0 Å². The molecule has 1 aliphatic rings. The average Bonchev–Trinajstić information content (AvgIpc) is 2.28. The number of methoxy groups -OCH3 is 2. The number of amides is 1. The quantitative estimate of drug-likeness (QED) is 0.718. The summed E-state index contributed by atoms with van der Waals surface area (Å²) >= 11 is 0. The highest BCUT2D eigenvalue weighted by molar-refractivity contribution is 5.74. The van der Waals surface area contributed by atoms with Crippen LogP contribution in [0.2, 0.25) is 0 Å². The molecular formula is C10H17NO5. The van der Waals surface area contributed by atoms with Crippen LogP contribution in [0, 0.1) is 5.92 Å². The Morgan fingerprint density at radius 2 is 2.06 bits per heavy atom. The lowest BCUT2D eigenvalue weighted by Gasteiger charge is -2.36. The molecule has 6 heteroatoms. The van der Waals surface area contributed by atoms with Crippen LogP contribution in [0.15, 0.2) is 0 Å². The highest BCUT2D eigenvalue weighted by Gasteiger charge is 2.35. The molecule has 1 amide bonds. The van der Waals surface area contributed by atoms with Crippen LogP contribution < -0.4 is 0 Å². The van der Waals surface area contributed by atoms with Gasteiger partial charge >= 0.3 is 12.1 Å². The zero-order valence-electron chi connectivity index (χ0n) is 9.51. The van der Waals surface area contributed by atoms with Crippen molar-refractivity contribution in [2.45, 2.75) is 18.9 Å². The lowest BCUT2D eigenvalue weighted by molar-refractivity contribution is -0.147. The number of ether oxygens (including phenoxy) is 2. The van der Waals surface area contributed by atoms with Gasteiger partial charge < -0.3 is 19.5 Å². The number of hydrogen-bond acceptors (Lipinski definition) is 4. The molecule has 0 aromatic rings. The molecule has 0 radical (unpaired) electrons. The lowest BCUT2D eigenvalue weighted by atomic mass is 9.93. The van der Waals surface area contributed by atoms with Crippen LogP contribution >= 0.6 is 0 Å². The van der Waals surface area contributed by atoms with E-state index in [1.165, 1.54) is 19.1 Å². The first kappa shape index (κ1) is 12.8. The van der Waals surface area contributed by atoms with Crippen molar-refractivity contribution in [1.82, 2.24) is 4.90 Å². The van der Waals surface area contributed by atoms with Gasteiger partial charge in [0.05, 0.1) is 25.7 Å². The Morgan fingerprint density at radius 1 is 1.38 bits per heavy atom. The van der Waals surface area contributed by atoms with E-state index >= 15 is 0 Å². The van der Waals surface area contributed by atoms with Crippen LogP contribution in [0.1, 0.15) is 12.8 Å². The third kappa shape index (κ3) is 2.85. The Balaban J connectivity index is 2.64. The normalized spacial score (nSPS) is 25.2. The largest absolute Gasteiger partial charge is 0.469 e. The van der Waals surface area contributed by atoms with Gasteiger partial charge in [-0.05, 0) is 12.8 Å². The second kappa shape index (κ2) is 5.69. The van der Waals surface area contributed by atoms with Crippen LogP contribution in [0.5, 0.6) is 0 Å². The molecule has 0 saturated carbocycles. The summed E-state index contributed by atoms with van der Waals surface area (Å²) < 4.78 is 9.59. The van der Waals surface area contributed by atoms with Gasteiger partial charge in [0, 0.05) is 13.7 Å². The highest BCUT2D eigenvalue weighted by atomic mass is 16.5. The maximum atomic E-state index is 11.3. The van der Waals surface area contributed by atoms with Gasteiger partial charge in [-0.25, -0.2) is 4.79 Å². The molecule has 2 atom stereocenters. The smallest absolute Gasteiger partial charge is 0.407 e. The van der Waals surface area contributed by atoms with Gasteiger partial charge in [-0.3, -0.25) is 4.79 Å². The van der Waals surface area contributed by atoms with Crippen LogP contribution in [0.3, 0.4) is 0 Å². The van der Waals surface area contributed by atoms with E-state index in [1.807, 2.05) is 0 Å². The number of likely N-dealkylation sites (tertiary alicyclic amines) is 1. The summed E-state index contributed by atoms with van der Waals surface area (Å²) in [5, 5.41) is 9.03. The van der Waals surface area contributed by atoms with Crippen LogP contribution in [0.25, 0.3) is 0 Å². The fourth-order valence-electron chi connectivity index (χ4n) is 1.99. The number of carbonyl (C=O) groups excluding carboxylic acids is 1. The second-order valence-corrected chi connectivity index (χ2v) is 3.84. The number of nitrogens with zero attached hydrogens (tertiary/aromatic N) is 1. The second-order valence-electron chi connectivity index (χ2n) is 3.84. The molecule has 1 rings (SSSR count). The highest BCUT2D eigenvalue weighted by Crippen LogP contribution is 2.23. The summed E-state index contributed by atoms with van der Waals surface area (Å²) in [6.07, 6.45) is 0.250. The molecular weight excluding hydrogens is 214 g/mol. The molecule has 1 heterocycles. The molecule has 92 valence electrons. The van der Waals surface area contributed by atoms with Crippen molar-refractivity contribution >= 4 is 12.1 Å². The van der Waals surface area contributed by atoms with Gasteiger partial charge in [0.15, 0.2) is 0 Å². The van der Waals surface area contributed by atoms with E-state index in [-0.39, 0.29) is 24.5 Å². The minimum Gasteiger partial charge on any atom is -0.469 e. The van der Waals surface area contributed by atoms with Crippen LogP contribution in [0.4, 0.5) is 4.79 Å². The SMILES string of the molecule is COCC1CCC(C(=O)OC)CN1C(=O)O. The fourth-order valence-corrected chi connectivity index (χ4v) is 1.99. The Hall–Kier alpha value is -1.30. The number of carbonyl (C=O) groups is 2. The van der Waals surface area contributed by atoms with Crippen molar-refractivity contribution in [3.8, 4) is 0 Å². The standard InChI is InChI=1S/C10H17NO5/c1-15-6-8-4-3-7(9(12)16-2)5-11(8)10(13)14/h7-8H,3-6H2,1-2H3,(H,13,14). The monoisotopic (exact) mass is 231 g/mol.